The molecule has 0 nitrogen and oxygen atoms in total. The van der Waals surface area contributed by atoms with E-state index < -0.39 is 32.3 Å². The minimum atomic E-state index is -1.35. The molecule has 4 heteroatoms. The fourth-order valence-electron chi connectivity index (χ4n) is 12.3. The molecule has 5 aromatic rings. The van der Waals surface area contributed by atoms with Gasteiger partial charge >= 0.3 is 0 Å². The highest BCUT2D eigenvalue weighted by molar-refractivity contribution is 6.81. The van der Waals surface area contributed by atoms with E-state index in [-0.39, 0.29) is 0 Å². The Morgan fingerprint density at radius 1 is 0.283 bits per heavy atom. The van der Waals surface area contributed by atoms with Gasteiger partial charge in [0.2, 0.25) is 0 Å². The van der Waals surface area contributed by atoms with Crippen LogP contribution in [-0.4, -0.2) is 32.3 Å². The standard InChI is InChI=1S/C56H90Si4/c1-15-57(16-2,17-3)35-31-47-45-29-27-28-30-46(45)48(32-36-58(18-4,19-5)20-6)54-42-56-50(34-38-60(24-10,25-11)26-12)52-40-44(14)43(13)39-51(52)49(55(56)41-53(47)54)33-37-59(21-7,22-8)23-9/h27-30,39-42H,15-26,31-38H2,1-14H3. The predicted molar refractivity (Wildman–Crippen MR) is 289 cm³/mol. The van der Waals surface area contributed by atoms with E-state index in [9.17, 15) is 0 Å². The van der Waals surface area contributed by atoms with Crippen LogP contribution in [0.15, 0.2) is 48.5 Å². The summed E-state index contributed by atoms with van der Waals surface area (Å²) in [6.45, 7) is 34.9. The zero-order chi connectivity index (χ0) is 43.9. The van der Waals surface area contributed by atoms with Crippen LogP contribution < -0.4 is 0 Å². The van der Waals surface area contributed by atoms with Crippen molar-refractivity contribution >= 4 is 75.4 Å². The molecule has 5 aromatic carbocycles. The summed E-state index contributed by atoms with van der Waals surface area (Å²) in [5.74, 6) is 0. The van der Waals surface area contributed by atoms with Crippen LogP contribution in [0, 0.1) is 13.8 Å². The molecular formula is C56H90Si4. The molecule has 0 unspecified atom stereocenters. The van der Waals surface area contributed by atoms with Gasteiger partial charge < -0.3 is 0 Å². The van der Waals surface area contributed by atoms with Gasteiger partial charge in [0.25, 0.3) is 0 Å². The summed E-state index contributed by atoms with van der Waals surface area (Å²) in [5.41, 5.74) is 9.63. The van der Waals surface area contributed by atoms with Crippen LogP contribution in [0.5, 0.6) is 0 Å². The predicted octanol–water partition coefficient (Wildman–Crippen LogP) is 19.1. The van der Waals surface area contributed by atoms with Crippen molar-refractivity contribution in [3.63, 3.8) is 0 Å². The maximum Gasteiger partial charge on any atom is 0.0530 e. The third-order valence-electron chi connectivity index (χ3n) is 18.9. The van der Waals surface area contributed by atoms with Crippen LogP contribution in [0.3, 0.4) is 0 Å². The summed E-state index contributed by atoms with van der Waals surface area (Å²) in [7, 11) is -5.37. The van der Waals surface area contributed by atoms with E-state index in [1.807, 2.05) is 0 Å². The second-order valence-electron chi connectivity index (χ2n) is 20.1. The van der Waals surface area contributed by atoms with E-state index >= 15 is 0 Å². The zero-order valence-corrected chi connectivity index (χ0v) is 45.8. The third-order valence-corrected chi connectivity index (χ3v) is 42.2. The molecule has 0 radical (unpaired) electrons. The number of hydrogen-bond donors (Lipinski definition) is 0. The van der Waals surface area contributed by atoms with Crippen molar-refractivity contribution in [2.75, 3.05) is 0 Å². The molecule has 0 aliphatic heterocycles. The van der Waals surface area contributed by atoms with E-state index in [0.717, 1.165) is 0 Å². The number of hydrogen-bond acceptors (Lipinski definition) is 0. The van der Waals surface area contributed by atoms with Crippen LogP contribution in [0.1, 0.15) is 116 Å². The molecule has 0 fully saturated rings. The first-order valence-corrected chi connectivity index (χ1v) is 37.0. The highest BCUT2D eigenvalue weighted by Gasteiger charge is 2.32. The van der Waals surface area contributed by atoms with Crippen molar-refractivity contribution in [2.45, 2.75) is 219 Å². The SMILES string of the molecule is CC[Si](CC)(CC)CCc1c2ccccc2c(CC[Si](CC)(CC)CC)c2cc3c(CC[Si](CC)(CC)CC)c4cc(C)c(C)cc4c(CC[Si](CC)(CC)CC)c3cc12. The Kier molecular flexibility index (Phi) is 17.3. The Morgan fingerprint density at radius 3 is 0.700 bits per heavy atom. The van der Waals surface area contributed by atoms with Gasteiger partial charge in [-0.2, -0.15) is 0 Å². The van der Waals surface area contributed by atoms with Gasteiger partial charge in [0.15, 0.2) is 0 Å². The van der Waals surface area contributed by atoms with Crippen LogP contribution in [-0.2, 0) is 25.7 Å². The lowest BCUT2D eigenvalue weighted by molar-refractivity contribution is 1.02. The second-order valence-corrected chi connectivity index (χ2v) is 42.6. The molecule has 60 heavy (non-hydrogen) atoms. The molecule has 0 aliphatic rings. The number of rotatable bonds is 24. The highest BCUT2D eigenvalue weighted by Crippen LogP contribution is 2.45. The van der Waals surface area contributed by atoms with Gasteiger partial charge in [-0.05, 0) is 128 Å². The number of fused-ring (bicyclic) bond motifs is 4. The van der Waals surface area contributed by atoms with Crippen molar-refractivity contribution in [1.82, 2.24) is 0 Å². The first-order valence-electron chi connectivity index (χ1n) is 25.7. The Morgan fingerprint density at radius 2 is 0.483 bits per heavy atom. The quantitative estimate of drug-likeness (QED) is 0.0428. The van der Waals surface area contributed by atoms with E-state index in [1.54, 1.807) is 65.3 Å². The molecule has 330 valence electrons. The molecule has 0 amide bonds. The molecule has 0 aromatic heterocycles. The summed E-state index contributed by atoms with van der Waals surface area (Å²) < 4.78 is 0. The van der Waals surface area contributed by atoms with Crippen molar-refractivity contribution in [2.24, 2.45) is 0 Å². The largest absolute Gasteiger partial charge is 0.0678 e. The van der Waals surface area contributed by atoms with Crippen molar-refractivity contribution in [1.29, 1.82) is 0 Å². The lowest BCUT2D eigenvalue weighted by atomic mass is 9.83. The smallest absolute Gasteiger partial charge is 0.0530 e. The summed E-state index contributed by atoms with van der Waals surface area (Å²) in [6.07, 6.45) is 4.91. The molecule has 0 spiro atoms. The van der Waals surface area contributed by atoms with Crippen LogP contribution >= 0.6 is 0 Å². The molecule has 0 bridgehead atoms. The average molecular weight is 876 g/mol. The third kappa shape index (κ3) is 9.58. The summed E-state index contributed by atoms with van der Waals surface area (Å²) in [4.78, 5) is 0. The maximum atomic E-state index is 2.85. The van der Waals surface area contributed by atoms with Crippen LogP contribution in [0.2, 0.25) is 96.7 Å². The van der Waals surface area contributed by atoms with E-state index in [2.05, 4.69) is 145 Å². The van der Waals surface area contributed by atoms with Gasteiger partial charge in [0.1, 0.15) is 0 Å². The van der Waals surface area contributed by atoms with Gasteiger partial charge in [-0.3, -0.25) is 0 Å². The Balaban J connectivity index is 1.99. The fraction of sp³-hybridized carbons (Fsp3) is 0.607. The van der Waals surface area contributed by atoms with Crippen LogP contribution in [0.4, 0.5) is 0 Å². The Hall–Kier alpha value is -1.99. The number of aryl methyl sites for hydroxylation is 6. The molecule has 0 atom stereocenters. The Labute approximate surface area is 374 Å². The zero-order valence-electron chi connectivity index (χ0n) is 41.8. The molecule has 0 saturated carbocycles. The molecular weight excluding hydrogens is 785 g/mol. The summed E-state index contributed by atoms with van der Waals surface area (Å²) in [6, 6.07) is 43.3. The van der Waals surface area contributed by atoms with Gasteiger partial charge in [-0.1, -0.05) is 216 Å². The maximum absolute atomic E-state index is 2.85. The van der Waals surface area contributed by atoms with Crippen molar-refractivity contribution in [3.05, 3.63) is 81.9 Å². The minimum absolute atomic E-state index is 1.23. The first kappa shape index (κ1) is 49.0. The summed E-state index contributed by atoms with van der Waals surface area (Å²) >= 11 is 0. The number of benzene rings is 5. The molecule has 0 N–H and O–H groups in total. The fourth-order valence-corrected chi connectivity index (χ4v) is 25.6. The van der Waals surface area contributed by atoms with Gasteiger partial charge in [0.05, 0.1) is 32.3 Å². The first-order chi connectivity index (χ1) is 28.8. The van der Waals surface area contributed by atoms with Crippen molar-refractivity contribution in [3.8, 4) is 0 Å². The van der Waals surface area contributed by atoms with Gasteiger partial charge in [-0.15, -0.1) is 0 Å². The molecule has 5 rings (SSSR count). The highest BCUT2D eigenvalue weighted by atomic mass is 28.3. The Bertz CT molecular complexity index is 2010. The topological polar surface area (TPSA) is 0 Å². The second kappa shape index (κ2) is 21.1. The average Bonchev–Trinajstić information content (AvgIpc) is 3.29. The minimum Gasteiger partial charge on any atom is -0.0678 e. The molecule has 0 saturated heterocycles. The van der Waals surface area contributed by atoms with E-state index in [4.69, 9.17) is 0 Å². The lowest BCUT2D eigenvalue weighted by Gasteiger charge is -2.31. The summed E-state index contributed by atoms with van der Waals surface area (Å²) in [5, 5.41) is 12.8. The van der Waals surface area contributed by atoms with Crippen molar-refractivity contribution < 1.29 is 0 Å². The van der Waals surface area contributed by atoms with E-state index in [0.29, 0.717) is 0 Å². The lowest BCUT2D eigenvalue weighted by Crippen LogP contribution is -2.32. The normalized spacial score (nSPS) is 13.2. The van der Waals surface area contributed by atoms with E-state index in [1.165, 1.54) is 134 Å². The van der Waals surface area contributed by atoms with Crippen LogP contribution in [0.25, 0.3) is 43.1 Å². The molecule has 0 aliphatic carbocycles. The van der Waals surface area contributed by atoms with Gasteiger partial charge in [-0.25, -0.2) is 0 Å². The monoisotopic (exact) mass is 875 g/mol. The molecule has 0 heterocycles. The van der Waals surface area contributed by atoms with Gasteiger partial charge in [0, 0.05) is 0 Å².